The number of nitrogens with zero attached hydrogens (tertiary/aromatic N) is 4. The second-order valence-corrected chi connectivity index (χ2v) is 9.21. The zero-order chi connectivity index (χ0) is 20.6. The lowest BCUT2D eigenvalue weighted by Crippen LogP contribution is -2.54. The topological polar surface area (TPSA) is 98.0 Å². The van der Waals surface area contributed by atoms with Gasteiger partial charge in [-0.05, 0) is 40.0 Å². The molecule has 3 fully saturated rings. The second kappa shape index (κ2) is 7.93. The summed E-state index contributed by atoms with van der Waals surface area (Å²) in [4.78, 5) is 32.7. The van der Waals surface area contributed by atoms with Crippen molar-refractivity contribution in [2.45, 2.75) is 69.9 Å². The van der Waals surface area contributed by atoms with Crippen molar-refractivity contribution in [2.24, 2.45) is 0 Å². The highest BCUT2D eigenvalue weighted by molar-refractivity contribution is 5.77. The molecule has 0 N–H and O–H groups in total. The monoisotopic (exact) mass is 406 g/mol. The minimum atomic E-state index is -0.489. The molecule has 3 aliphatic heterocycles. The van der Waals surface area contributed by atoms with Crippen LogP contribution in [-0.2, 0) is 14.3 Å². The fourth-order valence-corrected chi connectivity index (χ4v) is 4.05. The smallest absolute Gasteiger partial charge is 0.410 e. The number of hydrogen-bond donors (Lipinski definition) is 0. The third kappa shape index (κ3) is 4.55. The first kappa shape index (κ1) is 20.1. The fourth-order valence-electron chi connectivity index (χ4n) is 4.05. The van der Waals surface area contributed by atoms with E-state index in [9.17, 15) is 9.59 Å². The molecular weight excluding hydrogens is 376 g/mol. The van der Waals surface area contributed by atoms with Gasteiger partial charge in [0.2, 0.25) is 11.8 Å². The van der Waals surface area contributed by atoms with Gasteiger partial charge in [0.15, 0.2) is 5.82 Å². The molecule has 1 atom stereocenters. The lowest BCUT2D eigenvalue weighted by molar-refractivity contribution is -0.148. The molecule has 0 aromatic carbocycles. The van der Waals surface area contributed by atoms with Gasteiger partial charge in [-0.1, -0.05) is 5.16 Å². The van der Waals surface area contributed by atoms with Crippen LogP contribution in [0.1, 0.15) is 70.0 Å². The highest BCUT2D eigenvalue weighted by atomic mass is 16.6. The summed E-state index contributed by atoms with van der Waals surface area (Å²) in [6.45, 7) is 8.70. The van der Waals surface area contributed by atoms with E-state index in [1.54, 1.807) is 4.90 Å². The highest BCUT2D eigenvalue weighted by Gasteiger charge is 2.37. The van der Waals surface area contributed by atoms with E-state index in [4.69, 9.17) is 14.0 Å². The summed E-state index contributed by atoms with van der Waals surface area (Å²) in [5.41, 5.74) is -0.489. The van der Waals surface area contributed by atoms with Crippen LogP contribution in [0.25, 0.3) is 0 Å². The van der Waals surface area contributed by atoms with Crippen molar-refractivity contribution in [2.75, 3.05) is 32.8 Å². The number of likely N-dealkylation sites (tertiary alicyclic amines) is 2. The van der Waals surface area contributed by atoms with E-state index in [1.807, 2.05) is 25.7 Å². The van der Waals surface area contributed by atoms with Gasteiger partial charge in [0, 0.05) is 32.0 Å². The van der Waals surface area contributed by atoms with Gasteiger partial charge in [0.1, 0.15) is 5.60 Å². The predicted octanol–water partition coefficient (Wildman–Crippen LogP) is 2.29. The Hall–Kier alpha value is -2.16. The van der Waals surface area contributed by atoms with Crippen LogP contribution in [0.4, 0.5) is 4.79 Å². The molecule has 1 aromatic heterocycles. The van der Waals surface area contributed by atoms with Crippen molar-refractivity contribution in [3.63, 3.8) is 0 Å². The normalized spacial score (nSPS) is 24.5. The third-order valence-electron chi connectivity index (χ3n) is 5.82. The summed E-state index contributed by atoms with van der Waals surface area (Å²) in [5.74, 6) is 1.76. The number of piperidine rings is 2. The van der Waals surface area contributed by atoms with E-state index in [-0.39, 0.29) is 29.9 Å². The van der Waals surface area contributed by atoms with Crippen LogP contribution >= 0.6 is 0 Å². The van der Waals surface area contributed by atoms with Gasteiger partial charge < -0.3 is 23.8 Å². The molecule has 9 heteroatoms. The first-order valence-electron chi connectivity index (χ1n) is 10.5. The fraction of sp³-hybridized carbons (Fsp3) is 0.800. The summed E-state index contributed by atoms with van der Waals surface area (Å²) in [6, 6.07) is 0.185. The average Bonchev–Trinajstić information content (AvgIpc) is 3.11. The Bertz CT molecular complexity index is 746. The molecule has 9 nitrogen and oxygen atoms in total. The van der Waals surface area contributed by atoms with E-state index in [0.717, 1.165) is 19.3 Å². The van der Waals surface area contributed by atoms with Crippen molar-refractivity contribution in [1.29, 1.82) is 0 Å². The van der Waals surface area contributed by atoms with E-state index >= 15 is 0 Å². The first-order chi connectivity index (χ1) is 13.8. The van der Waals surface area contributed by atoms with E-state index < -0.39 is 5.60 Å². The second-order valence-electron chi connectivity index (χ2n) is 9.21. The van der Waals surface area contributed by atoms with E-state index in [2.05, 4.69) is 10.1 Å². The van der Waals surface area contributed by atoms with E-state index in [1.165, 1.54) is 0 Å². The molecule has 4 rings (SSSR count). The standard InChI is InChI=1S/C20H30N4O5/c1-20(2,3)28-19(26)23-8-6-13(7-9-23)17-21-18(29-22-17)14-4-5-16(25)24(10-14)15-11-27-12-15/h13-15H,4-12H2,1-3H3. The number of carbonyl (C=O) groups excluding carboxylic acids is 2. The minimum absolute atomic E-state index is 0.0800. The summed E-state index contributed by atoms with van der Waals surface area (Å²) in [5, 5.41) is 4.22. The van der Waals surface area contributed by atoms with Crippen molar-refractivity contribution in [3.05, 3.63) is 11.7 Å². The van der Waals surface area contributed by atoms with Gasteiger partial charge in [-0.25, -0.2) is 4.79 Å². The lowest BCUT2D eigenvalue weighted by Gasteiger charge is -2.41. The molecule has 0 saturated carbocycles. The van der Waals surface area contributed by atoms with Gasteiger partial charge in [0.05, 0.1) is 25.2 Å². The number of hydrogen-bond acceptors (Lipinski definition) is 7. The van der Waals surface area contributed by atoms with Gasteiger partial charge in [0.25, 0.3) is 0 Å². The van der Waals surface area contributed by atoms with Crippen molar-refractivity contribution >= 4 is 12.0 Å². The Morgan fingerprint density at radius 2 is 1.86 bits per heavy atom. The zero-order valence-electron chi connectivity index (χ0n) is 17.4. The number of rotatable bonds is 3. The molecule has 2 amide bonds. The molecule has 0 radical (unpaired) electrons. The van der Waals surface area contributed by atoms with Crippen LogP contribution in [-0.4, -0.2) is 76.4 Å². The number of carbonyl (C=O) groups is 2. The van der Waals surface area contributed by atoms with Crippen LogP contribution in [0, 0.1) is 0 Å². The van der Waals surface area contributed by atoms with Crippen LogP contribution in [0.5, 0.6) is 0 Å². The van der Waals surface area contributed by atoms with Crippen LogP contribution < -0.4 is 0 Å². The molecule has 3 saturated heterocycles. The zero-order valence-corrected chi connectivity index (χ0v) is 17.4. The summed E-state index contributed by atoms with van der Waals surface area (Å²) < 4.78 is 16.3. The Labute approximate surface area is 170 Å². The molecule has 160 valence electrons. The number of ether oxygens (including phenoxy) is 2. The quantitative estimate of drug-likeness (QED) is 0.759. The van der Waals surface area contributed by atoms with Gasteiger partial charge in [-0.3, -0.25) is 4.79 Å². The van der Waals surface area contributed by atoms with Gasteiger partial charge in [-0.15, -0.1) is 0 Å². The van der Waals surface area contributed by atoms with E-state index in [0.29, 0.717) is 51.0 Å². The Morgan fingerprint density at radius 1 is 1.14 bits per heavy atom. The summed E-state index contributed by atoms with van der Waals surface area (Å²) in [7, 11) is 0. The Balaban J connectivity index is 1.33. The molecular formula is C20H30N4O5. The number of amides is 2. The molecule has 0 spiro atoms. The maximum Gasteiger partial charge on any atom is 0.410 e. The molecule has 1 unspecified atom stereocenters. The average molecular weight is 406 g/mol. The molecule has 29 heavy (non-hydrogen) atoms. The Kier molecular flexibility index (Phi) is 5.50. The van der Waals surface area contributed by atoms with Crippen LogP contribution in [0.2, 0.25) is 0 Å². The number of aromatic nitrogens is 2. The highest BCUT2D eigenvalue weighted by Crippen LogP contribution is 2.32. The summed E-state index contributed by atoms with van der Waals surface area (Å²) >= 11 is 0. The largest absolute Gasteiger partial charge is 0.444 e. The minimum Gasteiger partial charge on any atom is -0.444 e. The maximum atomic E-state index is 12.2. The van der Waals surface area contributed by atoms with Crippen molar-refractivity contribution in [1.82, 2.24) is 19.9 Å². The van der Waals surface area contributed by atoms with Crippen LogP contribution in [0.15, 0.2) is 4.52 Å². The molecule has 1 aromatic rings. The van der Waals surface area contributed by atoms with Crippen molar-refractivity contribution < 1.29 is 23.6 Å². The molecule has 3 aliphatic rings. The SMILES string of the molecule is CC(C)(C)OC(=O)N1CCC(c2noc(C3CCC(=O)N(C4COC4)C3)n2)CC1. The molecule has 0 bridgehead atoms. The predicted molar refractivity (Wildman–Crippen MR) is 102 cm³/mol. The van der Waals surface area contributed by atoms with Crippen LogP contribution in [0.3, 0.4) is 0 Å². The lowest BCUT2D eigenvalue weighted by atomic mass is 9.94. The molecule has 4 heterocycles. The van der Waals surface area contributed by atoms with Crippen molar-refractivity contribution in [3.8, 4) is 0 Å². The van der Waals surface area contributed by atoms with Gasteiger partial charge >= 0.3 is 6.09 Å². The molecule has 0 aliphatic carbocycles. The third-order valence-corrected chi connectivity index (χ3v) is 5.82. The maximum absolute atomic E-state index is 12.2. The Morgan fingerprint density at radius 3 is 2.48 bits per heavy atom. The first-order valence-corrected chi connectivity index (χ1v) is 10.5. The van der Waals surface area contributed by atoms with Gasteiger partial charge in [-0.2, -0.15) is 4.98 Å². The summed E-state index contributed by atoms with van der Waals surface area (Å²) in [6.07, 6.45) is 2.55.